The van der Waals surface area contributed by atoms with Crippen LogP contribution in [0.1, 0.15) is 18.5 Å². The zero-order valence-electron chi connectivity index (χ0n) is 13.0. The Morgan fingerprint density at radius 2 is 2.14 bits per heavy atom. The van der Waals surface area contributed by atoms with E-state index in [-0.39, 0.29) is 0 Å². The third-order valence-corrected chi connectivity index (χ3v) is 4.15. The molecule has 0 radical (unpaired) electrons. The molecule has 0 saturated carbocycles. The number of hydrogen-bond acceptors (Lipinski definition) is 2. The molecule has 2 aromatic heterocycles. The minimum Gasteiger partial charge on any atom is -0.497 e. The van der Waals surface area contributed by atoms with E-state index in [2.05, 4.69) is 28.7 Å². The summed E-state index contributed by atoms with van der Waals surface area (Å²) in [4.78, 5) is 0. The van der Waals surface area contributed by atoms with Crippen LogP contribution in [0.25, 0.3) is 21.8 Å². The zero-order chi connectivity index (χ0) is 15.7. The van der Waals surface area contributed by atoms with Gasteiger partial charge in [0, 0.05) is 42.8 Å². The molecule has 4 heteroatoms. The molecule has 2 N–H and O–H groups in total. The number of terminal acetylenes is 1. The maximum Gasteiger partial charge on any atom is 0.232 e. The van der Waals surface area contributed by atoms with Gasteiger partial charge in [-0.15, -0.1) is 12.3 Å². The third-order valence-electron chi connectivity index (χ3n) is 4.15. The molecule has 4 nitrogen and oxygen atoms in total. The van der Waals surface area contributed by atoms with E-state index in [9.17, 15) is 0 Å². The lowest BCUT2D eigenvalue weighted by Crippen LogP contribution is -2.46. The third kappa shape index (κ3) is 2.15. The molecule has 0 aliphatic carbocycles. The van der Waals surface area contributed by atoms with Gasteiger partial charge in [-0.1, -0.05) is 4.68 Å². The molecule has 0 atom stereocenters. The SMILES string of the molecule is C#CCCCn1c2cc(OC)ccc2c2cc[n+](N)c(C)c21. The molecule has 0 unspecified atom stereocenters. The fraction of sp³-hybridized carbons (Fsp3) is 0.278. The predicted molar refractivity (Wildman–Crippen MR) is 89.1 cm³/mol. The van der Waals surface area contributed by atoms with E-state index in [1.807, 2.05) is 19.2 Å². The van der Waals surface area contributed by atoms with Crippen LogP contribution in [-0.4, -0.2) is 11.7 Å². The van der Waals surface area contributed by atoms with Crippen LogP contribution in [0, 0.1) is 19.3 Å². The number of unbranched alkanes of at least 4 members (excludes halogenated alkanes) is 1. The first-order valence-corrected chi connectivity index (χ1v) is 7.37. The topological polar surface area (TPSA) is 44.1 Å². The highest BCUT2D eigenvalue weighted by molar-refractivity contribution is 6.08. The number of ether oxygens (including phenoxy) is 1. The first kappa shape index (κ1) is 14.3. The van der Waals surface area contributed by atoms with Gasteiger partial charge in [-0.05, 0) is 18.6 Å². The Bertz CT molecular complexity index is 887. The quantitative estimate of drug-likeness (QED) is 0.348. The number of fused-ring (bicyclic) bond motifs is 3. The summed E-state index contributed by atoms with van der Waals surface area (Å²) in [6.45, 7) is 2.90. The van der Waals surface area contributed by atoms with Crippen LogP contribution >= 0.6 is 0 Å². The van der Waals surface area contributed by atoms with Gasteiger partial charge in [0.15, 0.2) is 6.20 Å². The number of pyridine rings is 1. The summed E-state index contributed by atoms with van der Waals surface area (Å²) in [5.41, 5.74) is 3.35. The molecule has 0 saturated heterocycles. The number of nitrogens with two attached hydrogens (primary N) is 1. The van der Waals surface area contributed by atoms with E-state index >= 15 is 0 Å². The minimum atomic E-state index is 0.764. The lowest BCUT2D eigenvalue weighted by molar-refractivity contribution is -0.644. The van der Waals surface area contributed by atoms with Crippen LogP contribution in [0.5, 0.6) is 5.75 Å². The second-order valence-electron chi connectivity index (χ2n) is 5.41. The van der Waals surface area contributed by atoms with E-state index in [4.69, 9.17) is 17.0 Å². The van der Waals surface area contributed by atoms with Crippen LogP contribution in [0.4, 0.5) is 0 Å². The Labute approximate surface area is 130 Å². The first-order chi connectivity index (χ1) is 10.7. The molecule has 3 aromatic rings. The molecule has 0 spiro atoms. The Morgan fingerprint density at radius 3 is 2.86 bits per heavy atom. The van der Waals surface area contributed by atoms with E-state index < -0.39 is 0 Å². The van der Waals surface area contributed by atoms with Crippen LogP contribution in [0.15, 0.2) is 30.5 Å². The van der Waals surface area contributed by atoms with Crippen molar-refractivity contribution in [3.63, 3.8) is 0 Å². The number of methoxy groups -OCH3 is 1. The van der Waals surface area contributed by atoms with Gasteiger partial charge in [-0.2, -0.15) is 0 Å². The number of hydrogen-bond donors (Lipinski definition) is 1. The van der Waals surface area contributed by atoms with Crippen molar-refractivity contribution < 1.29 is 9.41 Å². The highest BCUT2D eigenvalue weighted by atomic mass is 16.5. The molecular formula is C18H20N3O+. The zero-order valence-corrected chi connectivity index (χ0v) is 13.0. The van der Waals surface area contributed by atoms with Crippen molar-refractivity contribution in [2.24, 2.45) is 0 Å². The van der Waals surface area contributed by atoms with Gasteiger partial charge < -0.3 is 9.30 Å². The summed E-state index contributed by atoms with van der Waals surface area (Å²) in [6.07, 6.45) is 8.99. The maximum atomic E-state index is 6.03. The molecule has 112 valence electrons. The first-order valence-electron chi connectivity index (χ1n) is 7.37. The normalized spacial score (nSPS) is 11.0. The van der Waals surface area contributed by atoms with Crippen molar-refractivity contribution in [3.8, 4) is 18.1 Å². The highest BCUT2D eigenvalue weighted by Crippen LogP contribution is 2.32. The monoisotopic (exact) mass is 294 g/mol. The fourth-order valence-corrected chi connectivity index (χ4v) is 3.00. The fourth-order valence-electron chi connectivity index (χ4n) is 3.00. The van der Waals surface area contributed by atoms with Crippen LogP contribution in [0.2, 0.25) is 0 Å². The highest BCUT2D eigenvalue weighted by Gasteiger charge is 2.18. The summed E-state index contributed by atoms with van der Waals surface area (Å²) < 4.78 is 9.34. The second-order valence-corrected chi connectivity index (χ2v) is 5.41. The molecule has 22 heavy (non-hydrogen) atoms. The van der Waals surface area contributed by atoms with Crippen LogP contribution in [0.3, 0.4) is 0 Å². The smallest absolute Gasteiger partial charge is 0.232 e. The predicted octanol–water partition coefficient (Wildman–Crippen LogP) is 2.53. The van der Waals surface area contributed by atoms with Gasteiger partial charge in [0.25, 0.3) is 0 Å². The Kier molecular flexibility index (Phi) is 3.64. The molecule has 0 aliphatic rings. The molecule has 3 rings (SSSR count). The lowest BCUT2D eigenvalue weighted by atomic mass is 10.1. The average molecular weight is 294 g/mol. The molecule has 1 aromatic carbocycles. The number of benzene rings is 1. The van der Waals surface area contributed by atoms with Crippen LogP contribution in [-0.2, 0) is 6.54 Å². The van der Waals surface area contributed by atoms with E-state index in [0.29, 0.717) is 0 Å². The Hall–Kier alpha value is -2.67. The molecule has 2 heterocycles. The van der Waals surface area contributed by atoms with E-state index in [1.54, 1.807) is 11.8 Å². The number of rotatable bonds is 4. The van der Waals surface area contributed by atoms with Crippen molar-refractivity contribution in [2.45, 2.75) is 26.3 Å². The lowest BCUT2D eigenvalue weighted by Gasteiger charge is -2.07. The van der Waals surface area contributed by atoms with Crippen molar-refractivity contribution in [1.82, 2.24) is 4.57 Å². The summed E-state index contributed by atoms with van der Waals surface area (Å²) in [5, 5.41) is 2.41. The van der Waals surface area contributed by atoms with Crippen molar-refractivity contribution in [1.29, 1.82) is 0 Å². The molecule has 0 aliphatic heterocycles. The number of aryl methyl sites for hydroxylation is 2. The van der Waals surface area contributed by atoms with Gasteiger partial charge in [0.1, 0.15) is 11.3 Å². The molecule has 0 amide bonds. The van der Waals surface area contributed by atoms with E-state index in [1.165, 1.54) is 10.8 Å². The largest absolute Gasteiger partial charge is 0.497 e. The number of nitrogens with zero attached hydrogens (tertiary/aromatic N) is 2. The minimum absolute atomic E-state index is 0.764. The van der Waals surface area contributed by atoms with Gasteiger partial charge in [0.2, 0.25) is 5.69 Å². The summed E-state index contributed by atoms with van der Waals surface area (Å²) in [7, 11) is 1.69. The van der Waals surface area contributed by atoms with Crippen molar-refractivity contribution in [2.75, 3.05) is 13.0 Å². The van der Waals surface area contributed by atoms with Crippen molar-refractivity contribution >= 4 is 21.8 Å². The van der Waals surface area contributed by atoms with Gasteiger partial charge in [0.05, 0.1) is 12.6 Å². The second kappa shape index (κ2) is 5.61. The molecule has 0 fully saturated rings. The van der Waals surface area contributed by atoms with Crippen LogP contribution < -0.4 is 15.3 Å². The van der Waals surface area contributed by atoms with Crippen molar-refractivity contribution in [3.05, 3.63) is 36.2 Å². The number of aromatic nitrogens is 2. The summed E-state index contributed by atoms with van der Waals surface area (Å²) in [6, 6.07) is 8.24. The standard InChI is InChI=1S/C18H20N3O/c1-4-5-6-10-20-17-12-14(22-3)7-8-15(17)16-9-11-21(19)13(2)18(16)20/h1,7-9,11-12H,5-6,10,19H2,2-3H3/q+1. The Balaban J connectivity index is 2.33. The molecular weight excluding hydrogens is 274 g/mol. The van der Waals surface area contributed by atoms with E-state index in [0.717, 1.165) is 41.9 Å². The Morgan fingerprint density at radius 1 is 1.32 bits per heavy atom. The summed E-state index contributed by atoms with van der Waals surface area (Å²) >= 11 is 0. The summed E-state index contributed by atoms with van der Waals surface area (Å²) in [5.74, 6) is 9.59. The van der Waals surface area contributed by atoms with Gasteiger partial charge in [-0.3, -0.25) is 0 Å². The number of nitrogen functional groups attached to an aromatic ring is 1. The maximum absolute atomic E-state index is 6.03. The van der Waals surface area contributed by atoms with Gasteiger partial charge in [-0.25, -0.2) is 5.84 Å². The average Bonchev–Trinajstić information content (AvgIpc) is 2.85. The molecule has 0 bridgehead atoms. The van der Waals surface area contributed by atoms with Gasteiger partial charge >= 0.3 is 0 Å².